The third kappa shape index (κ3) is 5.91. The average molecular weight is 661 g/mol. The summed E-state index contributed by atoms with van der Waals surface area (Å²) in [5, 5.41) is -0.497. The minimum atomic E-state index is -5.29. The number of allylic oxidation sites excluding steroid dienone is 4. The number of rotatable bonds is 11. The molecule has 0 amide bonds. The predicted molar refractivity (Wildman–Crippen MR) is 146 cm³/mol. The highest BCUT2D eigenvalue weighted by atomic mass is 32.2. The van der Waals surface area contributed by atoms with Gasteiger partial charge in [-0.05, 0) is 61.2 Å². The van der Waals surface area contributed by atoms with Crippen LogP contribution in [0.3, 0.4) is 0 Å². The van der Waals surface area contributed by atoms with Crippen molar-refractivity contribution in [1.82, 2.24) is 0 Å². The zero-order valence-corrected chi connectivity index (χ0v) is 25.8. The molecule has 0 aromatic carbocycles. The van der Waals surface area contributed by atoms with Gasteiger partial charge in [0, 0.05) is 17.9 Å². The van der Waals surface area contributed by atoms with E-state index in [-0.39, 0.29) is 30.9 Å². The van der Waals surface area contributed by atoms with Gasteiger partial charge in [0.25, 0.3) is 0 Å². The number of phosphoric acid groups is 2. The van der Waals surface area contributed by atoms with Crippen LogP contribution in [0.15, 0.2) is 23.8 Å². The molecule has 0 aliphatic heterocycles. The van der Waals surface area contributed by atoms with Crippen molar-refractivity contribution in [2.45, 2.75) is 58.0 Å². The molecular formula is C25H35F3NO10P2S. The van der Waals surface area contributed by atoms with Gasteiger partial charge in [0.1, 0.15) is 12.2 Å². The molecule has 3 fully saturated rings. The van der Waals surface area contributed by atoms with E-state index < -0.39 is 86.6 Å². The van der Waals surface area contributed by atoms with Crippen LogP contribution in [0.2, 0.25) is 0 Å². The Morgan fingerprint density at radius 1 is 1.19 bits per heavy atom. The molecule has 0 saturated heterocycles. The van der Waals surface area contributed by atoms with Crippen LogP contribution in [-0.2, 0) is 36.8 Å². The molecule has 1 radical (unpaired) electrons. The van der Waals surface area contributed by atoms with E-state index in [9.17, 15) is 32.9 Å². The smallest absolute Gasteiger partial charge is 0.348 e. The number of carbonyl (C=O) groups is 2. The quantitative estimate of drug-likeness (QED) is 0.210. The largest absolute Gasteiger partial charge is 0.483 e. The number of phosphoric ester groups is 2. The molecule has 3 saturated carbocycles. The Labute approximate surface area is 246 Å². The van der Waals surface area contributed by atoms with E-state index in [4.69, 9.17) is 15.0 Å². The maximum atomic E-state index is 18.0. The number of hydrogen-bond acceptors (Lipinski definition) is 10. The lowest BCUT2D eigenvalue weighted by molar-refractivity contribution is -0.225. The molecule has 0 bridgehead atoms. The van der Waals surface area contributed by atoms with E-state index in [1.807, 2.05) is 0 Å². The summed E-state index contributed by atoms with van der Waals surface area (Å²) in [6, 6.07) is -0.965. The summed E-state index contributed by atoms with van der Waals surface area (Å²) in [6.45, 7) is 3.19. The molecule has 0 aromatic rings. The lowest BCUT2D eigenvalue weighted by Crippen LogP contribution is -2.68. The summed E-state index contributed by atoms with van der Waals surface area (Å²) in [5.41, 5.74) is -0.00654. The second kappa shape index (κ2) is 12.2. The van der Waals surface area contributed by atoms with Gasteiger partial charge in [-0.15, -0.1) is 0 Å². The van der Waals surface area contributed by atoms with Crippen molar-refractivity contribution >= 4 is 38.3 Å². The molecule has 0 heterocycles. The monoisotopic (exact) mass is 660 g/mol. The Morgan fingerprint density at radius 3 is 2.50 bits per heavy atom. The van der Waals surface area contributed by atoms with E-state index >= 15 is 8.78 Å². The molecule has 0 aromatic heterocycles. The number of fused-ring (bicyclic) bond motifs is 5. The van der Waals surface area contributed by atoms with Crippen LogP contribution in [0.25, 0.3) is 0 Å². The number of carbonyl (C=O) groups excluding carboxylic acids is 2. The van der Waals surface area contributed by atoms with Crippen LogP contribution < -0.4 is 5.73 Å². The molecule has 4 rings (SSSR count). The maximum absolute atomic E-state index is 18.0. The lowest BCUT2D eigenvalue weighted by atomic mass is 9.45. The number of nitrogens with two attached hydrogens (primary N) is 1. The van der Waals surface area contributed by atoms with Gasteiger partial charge >= 0.3 is 15.6 Å². The van der Waals surface area contributed by atoms with Crippen LogP contribution in [0.1, 0.15) is 40.0 Å². The van der Waals surface area contributed by atoms with E-state index in [1.54, 1.807) is 13.8 Å². The molecule has 42 heavy (non-hydrogen) atoms. The fraction of sp³-hybridized carbons (Fsp3) is 0.720. The SMILES string of the molecule is C[C@@H]1C[C@H]2[C@@H]3C[C@H](F)C4=CC(=O)C=C[C@]4(C)[C@@]3(F)[C@@H](OCOP(=O)(O)OP(=O)(O)OCCN)C[C@@]2(C)[C]1C(=O)SCF. The van der Waals surface area contributed by atoms with Crippen molar-refractivity contribution in [2.24, 2.45) is 34.3 Å². The zero-order valence-electron chi connectivity index (χ0n) is 23.2. The van der Waals surface area contributed by atoms with Crippen LogP contribution in [0.5, 0.6) is 0 Å². The van der Waals surface area contributed by atoms with Crippen LogP contribution in [-0.4, -0.2) is 64.6 Å². The van der Waals surface area contributed by atoms with E-state index in [2.05, 4.69) is 8.83 Å². The number of alkyl halides is 3. The van der Waals surface area contributed by atoms with E-state index in [0.29, 0.717) is 24.1 Å². The van der Waals surface area contributed by atoms with Gasteiger partial charge in [-0.1, -0.05) is 31.7 Å². The number of hydrogen-bond donors (Lipinski definition) is 3. The Hall–Kier alpha value is -0.860. The highest BCUT2D eigenvalue weighted by Crippen LogP contribution is 2.71. The summed E-state index contributed by atoms with van der Waals surface area (Å²) in [5.74, 6) is -2.09. The molecule has 17 heteroatoms. The standard InChI is InChI=1S/C25H35F3NO10P2S/c1-14-8-16-17-10-19(27)18-9-15(30)4-5-24(18,3)25(17,28)20(11-23(16,2)21(14)22(31)42-12-26)36-13-38-41(34,35)39-40(32,33)37-7-6-29/h4-5,9,14,16-17,19-20H,6-8,10-13,29H2,1-3H3,(H,32,33)(H,34,35)/t14-,16+,17+,19+,20+,23-,24+,25+/m1/s1. The summed E-state index contributed by atoms with van der Waals surface area (Å²) >= 11 is 0.476. The lowest BCUT2D eigenvalue weighted by Gasteiger charge is -2.63. The number of ketones is 1. The van der Waals surface area contributed by atoms with Crippen molar-refractivity contribution in [1.29, 1.82) is 0 Å². The maximum Gasteiger partial charge on any atom is 0.483 e. The fourth-order valence-electron chi connectivity index (χ4n) is 7.59. The molecule has 11 nitrogen and oxygen atoms in total. The zero-order chi connectivity index (χ0) is 31.3. The number of thioether (sulfide) groups is 1. The molecule has 10 atom stereocenters. The first-order valence-electron chi connectivity index (χ1n) is 13.3. The van der Waals surface area contributed by atoms with E-state index in [1.165, 1.54) is 13.0 Å². The van der Waals surface area contributed by atoms with Gasteiger partial charge < -0.3 is 20.3 Å². The van der Waals surface area contributed by atoms with Crippen LogP contribution in [0.4, 0.5) is 13.2 Å². The van der Waals surface area contributed by atoms with Crippen LogP contribution in [0, 0.1) is 34.5 Å². The average Bonchev–Trinajstić information content (AvgIpc) is 3.14. The third-order valence-corrected chi connectivity index (χ3v) is 12.4. The van der Waals surface area contributed by atoms with Crippen molar-refractivity contribution in [3.8, 4) is 0 Å². The van der Waals surface area contributed by atoms with E-state index in [0.717, 1.165) is 12.2 Å². The first-order valence-corrected chi connectivity index (χ1v) is 17.3. The fourth-order valence-corrected chi connectivity index (χ4v) is 10.2. The molecule has 2 unspecified atom stereocenters. The normalized spacial score (nSPS) is 40.8. The van der Waals surface area contributed by atoms with Gasteiger partial charge in [-0.25, -0.2) is 22.3 Å². The number of halogens is 3. The molecule has 4 aliphatic rings. The summed E-state index contributed by atoms with van der Waals surface area (Å²) in [7, 11) is -10.3. The van der Waals surface area contributed by atoms with Gasteiger partial charge in [0.15, 0.2) is 23.4 Å². The van der Waals surface area contributed by atoms with Gasteiger partial charge in [0.05, 0.1) is 18.6 Å². The Balaban J connectivity index is 1.69. The van der Waals surface area contributed by atoms with Gasteiger partial charge in [-0.2, -0.15) is 4.31 Å². The molecule has 4 aliphatic carbocycles. The summed E-state index contributed by atoms with van der Waals surface area (Å²) in [4.78, 5) is 44.8. The first-order chi connectivity index (χ1) is 19.5. The number of ether oxygens (including phenoxy) is 1. The molecule has 237 valence electrons. The second-order valence-corrected chi connectivity index (χ2v) is 15.4. The molecular weight excluding hydrogens is 625 g/mol. The van der Waals surface area contributed by atoms with Crippen molar-refractivity contribution in [3.05, 3.63) is 29.7 Å². The topological polar surface area (TPSA) is 172 Å². The van der Waals surface area contributed by atoms with Crippen molar-refractivity contribution in [3.63, 3.8) is 0 Å². The Kier molecular flexibility index (Phi) is 9.84. The highest BCUT2D eigenvalue weighted by molar-refractivity contribution is 8.13. The van der Waals surface area contributed by atoms with Gasteiger partial charge in [0.2, 0.25) is 0 Å². The van der Waals surface area contributed by atoms with Crippen molar-refractivity contribution in [2.75, 3.05) is 26.0 Å². The molecule has 0 spiro atoms. The second-order valence-electron chi connectivity index (χ2n) is 11.5. The van der Waals surface area contributed by atoms with Crippen molar-refractivity contribution < 1.29 is 59.8 Å². The Morgan fingerprint density at radius 2 is 1.86 bits per heavy atom. The molecule has 4 N–H and O–H groups in total. The summed E-state index contributed by atoms with van der Waals surface area (Å²) < 4.78 is 90.3. The predicted octanol–water partition coefficient (Wildman–Crippen LogP) is 4.50. The third-order valence-electron chi connectivity index (χ3n) is 9.18. The highest BCUT2D eigenvalue weighted by Gasteiger charge is 2.74. The minimum Gasteiger partial charge on any atom is -0.348 e. The minimum absolute atomic E-state index is 0.0689. The van der Waals surface area contributed by atoms with Gasteiger partial charge in [-0.3, -0.25) is 18.6 Å². The first kappa shape index (κ1) is 34.0. The van der Waals surface area contributed by atoms with Crippen LogP contribution >= 0.6 is 27.4 Å². The summed E-state index contributed by atoms with van der Waals surface area (Å²) in [6.07, 6.45) is 0.186. The Bertz CT molecular complexity index is 1260.